The van der Waals surface area contributed by atoms with Gasteiger partial charge in [0.25, 0.3) is 0 Å². The van der Waals surface area contributed by atoms with Crippen molar-refractivity contribution in [1.82, 2.24) is 9.55 Å². The predicted octanol–water partition coefficient (Wildman–Crippen LogP) is 16.6. The minimum absolute atomic E-state index is 0. The zero-order valence-corrected chi connectivity index (χ0v) is 45.5. The first kappa shape index (κ1) is 46.7. The topological polar surface area (TPSA) is 33.5 Å². The van der Waals surface area contributed by atoms with Crippen molar-refractivity contribution in [1.29, 1.82) is 0 Å². The van der Waals surface area contributed by atoms with E-state index in [1.165, 1.54) is 22.3 Å². The number of hydrogen-bond acceptors (Lipinski definition) is 4. The molecular weight excluding hydrogens is 1040 g/mol. The molecule has 0 unspecified atom stereocenters. The molecule has 6 heteroatoms. The summed E-state index contributed by atoms with van der Waals surface area (Å²) in [4.78, 5) is 9.44. The van der Waals surface area contributed by atoms with E-state index in [1.54, 1.807) is 6.07 Å². The number of anilines is 3. The minimum Gasteiger partial charge on any atom is -0.517 e. The van der Waals surface area contributed by atoms with Crippen molar-refractivity contribution in [2.75, 3.05) is 16.3 Å². The van der Waals surface area contributed by atoms with Crippen molar-refractivity contribution < 1.29 is 29.9 Å². The number of hydrogen-bond donors (Lipinski definition) is 0. The summed E-state index contributed by atoms with van der Waals surface area (Å²) >= 11 is 0. The van der Waals surface area contributed by atoms with E-state index in [9.17, 15) is 0 Å². The number of fused-ring (bicyclic) bond motifs is 4. The van der Waals surface area contributed by atoms with E-state index in [4.69, 9.17) is 13.8 Å². The van der Waals surface area contributed by atoms with Crippen LogP contribution >= 0.6 is 0 Å². The smallest absolute Gasteiger partial charge is 0.135 e. The van der Waals surface area contributed by atoms with Gasteiger partial charge in [-0.25, -0.2) is 4.98 Å². The van der Waals surface area contributed by atoms with Crippen molar-refractivity contribution in [3.05, 3.63) is 185 Å². The number of para-hydroxylation sites is 3. The Morgan fingerprint density at radius 3 is 2.00 bits per heavy atom. The molecule has 0 atom stereocenters. The molecule has 0 fully saturated rings. The Hall–Kier alpha value is -5.64. The molecule has 2 aromatic heterocycles. The largest absolute Gasteiger partial charge is 0.517 e. The number of pyridine rings is 1. The van der Waals surface area contributed by atoms with E-state index in [0.29, 0.717) is 24.3 Å². The van der Waals surface area contributed by atoms with Gasteiger partial charge in [0, 0.05) is 54.0 Å². The van der Waals surface area contributed by atoms with E-state index in [1.807, 2.05) is 18.3 Å². The molecule has 0 amide bonds. The first-order valence-corrected chi connectivity index (χ1v) is 24.8. The van der Waals surface area contributed by atoms with Crippen LogP contribution in [0.25, 0.3) is 38.8 Å². The van der Waals surface area contributed by atoms with Crippen LogP contribution in [0.4, 0.5) is 17.1 Å². The van der Waals surface area contributed by atoms with E-state index < -0.39 is 6.85 Å². The molecule has 0 bridgehead atoms. The van der Waals surface area contributed by atoms with E-state index in [-0.39, 0.29) is 42.7 Å². The molecule has 0 radical (unpaired) electrons. The van der Waals surface area contributed by atoms with Gasteiger partial charge in [-0.1, -0.05) is 155 Å². The second-order valence-electron chi connectivity index (χ2n) is 23.2. The summed E-state index contributed by atoms with van der Waals surface area (Å²) in [6.45, 7) is 27.9. The Morgan fingerprint density at radius 1 is 0.629 bits per heavy atom. The van der Waals surface area contributed by atoms with Gasteiger partial charge in [0.1, 0.15) is 5.82 Å². The van der Waals surface area contributed by atoms with E-state index >= 15 is 0 Å². The second-order valence-corrected chi connectivity index (χ2v) is 23.2. The molecule has 366 valence electrons. The van der Waals surface area contributed by atoms with Gasteiger partial charge in [0.05, 0.1) is 6.61 Å². The van der Waals surface area contributed by atoms with Gasteiger partial charge in [-0.05, 0) is 129 Å². The SMILES string of the molecule is [2H]C([2H])([2H])c1cccc(-c2cc(C(C)(C)C)cc(C(C)(C)C)c2)c1CCCCN1[CH-]N(c2[c-]c(COc3[c-]c4c(cc3)c3ccccc3n4-c3cc(C(C)(C)C)ccn3)cc(C(C)(C)C)c2)c2ccccc21.[Pt]. The van der Waals surface area contributed by atoms with E-state index in [0.717, 1.165) is 86.3 Å². The Labute approximate surface area is 437 Å². The quantitative estimate of drug-likeness (QED) is 0.0955. The molecule has 3 heterocycles. The Kier molecular flexibility index (Phi) is 13.0. The van der Waals surface area contributed by atoms with Crippen LogP contribution in [0.15, 0.2) is 128 Å². The van der Waals surface area contributed by atoms with Crippen molar-refractivity contribution in [3.8, 4) is 22.7 Å². The molecular formula is C64H71N4OPt-3. The van der Waals surface area contributed by atoms with Crippen LogP contribution in [-0.4, -0.2) is 16.1 Å². The third-order valence-corrected chi connectivity index (χ3v) is 13.8. The first-order valence-electron chi connectivity index (χ1n) is 26.3. The van der Waals surface area contributed by atoms with Gasteiger partial charge in [-0.15, -0.1) is 34.8 Å². The van der Waals surface area contributed by atoms with Crippen LogP contribution in [0.2, 0.25) is 0 Å². The molecule has 0 saturated heterocycles. The predicted molar refractivity (Wildman–Crippen MR) is 292 cm³/mol. The van der Waals surface area contributed by atoms with Crippen molar-refractivity contribution in [2.24, 2.45) is 0 Å². The van der Waals surface area contributed by atoms with Crippen molar-refractivity contribution in [2.45, 2.75) is 137 Å². The standard InChI is InChI=1S/C64H71N4O.Pt/c1-43-21-20-24-53(45-35-48(63(8,9)10)37-49(36-45)64(11,12)13)52(43)22-18-19-32-66-42-67(58-27-17-16-26-57(58)66)50-34-44(33-47(38-50)62(5,6)7)41-69-51-28-29-55-54-23-14-15-25-56(54)68(59(55)40-51)60-39-46(30-31-65-60)61(2,3)4;/h14-17,20-21,23-31,33,35-39,42H,18-19,22,32,41H2,1-13H3;/q-3;/i1D3;. The molecule has 5 nitrogen and oxygen atoms in total. The van der Waals surface area contributed by atoms with E-state index in [2.05, 4.69) is 219 Å². The summed E-state index contributed by atoms with van der Waals surface area (Å²) in [5, 5.41) is 2.24. The molecule has 0 aliphatic carbocycles. The fourth-order valence-electron chi connectivity index (χ4n) is 9.52. The Bertz CT molecular complexity index is 3260. The van der Waals surface area contributed by atoms with Crippen molar-refractivity contribution in [3.63, 3.8) is 0 Å². The fraction of sp³-hybridized carbons (Fsp3) is 0.344. The summed E-state index contributed by atoms with van der Waals surface area (Å²) < 4.78 is 34.7. The van der Waals surface area contributed by atoms with Crippen molar-refractivity contribution >= 4 is 38.9 Å². The average Bonchev–Trinajstić information content (AvgIpc) is 3.86. The maximum Gasteiger partial charge on any atom is 0.135 e. The molecule has 0 N–H and O–H groups in total. The normalized spacial score (nSPS) is 14.1. The van der Waals surface area contributed by atoms with Crippen LogP contribution in [0.1, 0.15) is 139 Å². The molecule has 6 aromatic carbocycles. The third-order valence-electron chi connectivity index (χ3n) is 13.8. The van der Waals surface area contributed by atoms with Gasteiger partial charge in [-0.2, -0.15) is 30.4 Å². The number of benzene rings is 6. The summed E-state index contributed by atoms with van der Waals surface area (Å²) in [5.41, 5.74) is 14.2. The first-order chi connectivity index (χ1) is 33.8. The molecule has 1 aliphatic rings. The fourth-order valence-corrected chi connectivity index (χ4v) is 9.52. The average molecular weight is 1110 g/mol. The maximum absolute atomic E-state index is 8.60. The molecule has 8 aromatic rings. The maximum atomic E-state index is 8.60. The Balaban J connectivity index is 0.00000711. The van der Waals surface area contributed by atoms with Gasteiger partial charge >= 0.3 is 0 Å². The zero-order chi connectivity index (χ0) is 51.5. The van der Waals surface area contributed by atoms with Crippen LogP contribution < -0.4 is 14.5 Å². The van der Waals surface area contributed by atoms with Crippen LogP contribution in [0.5, 0.6) is 5.75 Å². The monoisotopic (exact) mass is 1110 g/mol. The van der Waals surface area contributed by atoms with Gasteiger partial charge in [0.15, 0.2) is 0 Å². The Morgan fingerprint density at radius 2 is 1.30 bits per heavy atom. The second kappa shape index (κ2) is 19.5. The summed E-state index contributed by atoms with van der Waals surface area (Å²) in [6, 6.07) is 50.0. The number of ether oxygens (including phenoxy) is 1. The number of aromatic nitrogens is 2. The minimum atomic E-state index is -2.23. The number of nitrogens with zero attached hydrogens (tertiary/aromatic N) is 4. The summed E-state index contributed by atoms with van der Waals surface area (Å²) in [5.74, 6) is 1.51. The molecule has 9 rings (SSSR count). The number of unbranched alkanes of at least 4 members (excludes halogenated alkanes) is 1. The molecule has 0 spiro atoms. The molecule has 1 aliphatic heterocycles. The number of rotatable bonds is 11. The summed E-state index contributed by atoms with van der Waals surface area (Å²) in [6.07, 6.45) is 4.25. The van der Waals surface area contributed by atoms with Gasteiger partial charge < -0.3 is 19.1 Å². The van der Waals surface area contributed by atoms with Crippen LogP contribution in [0, 0.1) is 25.7 Å². The third kappa shape index (κ3) is 10.5. The zero-order valence-electron chi connectivity index (χ0n) is 46.3. The molecule has 70 heavy (non-hydrogen) atoms. The van der Waals surface area contributed by atoms with Crippen LogP contribution in [-0.2, 0) is 55.8 Å². The molecule has 0 saturated carbocycles. The van der Waals surface area contributed by atoms with Crippen LogP contribution in [0.3, 0.4) is 0 Å². The van der Waals surface area contributed by atoms with Gasteiger partial charge in [-0.3, -0.25) is 0 Å². The number of aryl methyl sites for hydroxylation is 1. The van der Waals surface area contributed by atoms with Gasteiger partial charge in [0.2, 0.25) is 0 Å². The summed E-state index contributed by atoms with van der Waals surface area (Å²) in [7, 11) is 0.